The van der Waals surface area contributed by atoms with Crippen LogP contribution in [-0.4, -0.2) is 38.3 Å². The van der Waals surface area contributed by atoms with Gasteiger partial charge in [0.25, 0.3) is 5.91 Å². The van der Waals surface area contributed by atoms with Gasteiger partial charge in [0.1, 0.15) is 11.6 Å². The third-order valence-electron chi connectivity index (χ3n) is 5.50. The van der Waals surface area contributed by atoms with Crippen molar-refractivity contribution in [1.29, 1.82) is 0 Å². The SMILES string of the molecule is C=CCC(CC)(CC)COc1cc(F)c(C(=O)NS(=O)(=O)N2CCC2)cc1C. The van der Waals surface area contributed by atoms with Crippen molar-refractivity contribution in [2.45, 2.75) is 46.5 Å². The molecule has 1 fully saturated rings. The van der Waals surface area contributed by atoms with E-state index in [4.69, 9.17) is 4.74 Å². The van der Waals surface area contributed by atoms with Crippen LogP contribution in [0.5, 0.6) is 5.75 Å². The molecule has 0 unspecified atom stereocenters. The summed E-state index contributed by atoms with van der Waals surface area (Å²) < 4.78 is 47.5. The maximum absolute atomic E-state index is 14.5. The fourth-order valence-corrected chi connectivity index (χ4v) is 4.31. The van der Waals surface area contributed by atoms with E-state index < -0.39 is 21.9 Å². The quantitative estimate of drug-likeness (QED) is 0.596. The molecule has 6 nitrogen and oxygen atoms in total. The van der Waals surface area contributed by atoms with E-state index in [0.717, 1.165) is 36.1 Å². The zero-order valence-electron chi connectivity index (χ0n) is 16.8. The van der Waals surface area contributed by atoms with Crippen molar-refractivity contribution in [3.63, 3.8) is 0 Å². The lowest BCUT2D eigenvalue weighted by Crippen LogP contribution is -2.49. The van der Waals surface area contributed by atoms with Gasteiger partial charge < -0.3 is 4.74 Å². The molecule has 1 N–H and O–H groups in total. The second-order valence-electron chi connectivity index (χ2n) is 7.27. The van der Waals surface area contributed by atoms with Gasteiger partial charge >= 0.3 is 10.2 Å². The molecule has 1 amide bonds. The number of carbonyl (C=O) groups is 1. The summed E-state index contributed by atoms with van der Waals surface area (Å²) in [7, 11) is -3.93. The minimum Gasteiger partial charge on any atom is -0.493 e. The maximum atomic E-state index is 14.5. The second kappa shape index (κ2) is 9.05. The number of amides is 1. The van der Waals surface area contributed by atoms with Crippen molar-refractivity contribution in [2.75, 3.05) is 19.7 Å². The van der Waals surface area contributed by atoms with E-state index in [2.05, 4.69) is 20.4 Å². The third-order valence-corrected chi connectivity index (χ3v) is 6.99. The number of carbonyl (C=O) groups excluding carboxylic acids is 1. The maximum Gasteiger partial charge on any atom is 0.304 e. The van der Waals surface area contributed by atoms with Crippen molar-refractivity contribution in [1.82, 2.24) is 9.03 Å². The van der Waals surface area contributed by atoms with Crippen LogP contribution in [0.25, 0.3) is 0 Å². The molecule has 156 valence electrons. The van der Waals surface area contributed by atoms with E-state index in [1.165, 1.54) is 6.07 Å². The van der Waals surface area contributed by atoms with E-state index in [1.807, 2.05) is 10.8 Å². The first kappa shape index (κ1) is 22.4. The number of nitrogens with one attached hydrogen (secondary N) is 1. The van der Waals surface area contributed by atoms with Crippen LogP contribution >= 0.6 is 0 Å². The van der Waals surface area contributed by atoms with Crippen molar-refractivity contribution in [3.05, 3.63) is 41.7 Å². The number of hydrogen-bond acceptors (Lipinski definition) is 4. The van der Waals surface area contributed by atoms with Crippen LogP contribution in [0, 0.1) is 18.2 Å². The predicted octanol–water partition coefficient (Wildman–Crippen LogP) is 3.58. The van der Waals surface area contributed by atoms with Crippen molar-refractivity contribution >= 4 is 16.1 Å². The first-order valence-corrected chi connectivity index (χ1v) is 11.0. The zero-order valence-corrected chi connectivity index (χ0v) is 17.6. The molecule has 0 aliphatic carbocycles. The Balaban J connectivity index is 2.15. The normalized spacial score (nSPS) is 15.0. The highest BCUT2D eigenvalue weighted by Crippen LogP contribution is 2.33. The predicted molar refractivity (Wildman–Crippen MR) is 107 cm³/mol. The molecule has 1 aromatic rings. The zero-order chi connectivity index (χ0) is 20.9. The van der Waals surface area contributed by atoms with Crippen molar-refractivity contribution < 1.29 is 22.3 Å². The van der Waals surface area contributed by atoms with Crippen LogP contribution in [0.1, 0.15) is 55.5 Å². The van der Waals surface area contributed by atoms with Gasteiger partial charge in [0, 0.05) is 24.6 Å². The summed E-state index contributed by atoms with van der Waals surface area (Å²) in [6.07, 6.45) is 5.18. The standard InChI is InChI=1S/C20H29FN2O4S/c1-5-9-20(6-2,7-3)14-27-18-13-17(21)16(12-15(18)4)19(24)22-28(25,26)23-10-8-11-23/h5,12-13H,1,6-11,14H2,2-4H3,(H,22,24). The monoisotopic (exact) mass is 412 g/mol. The Bertz CT molecular complexity index is 831. The molecule has 1 saturated heterocycles. The molecule has 2 rings (SSSR count). The number of aryl methyl sites for hydroxylation is 1. The van der Waals surface area contributed by atoms with Gasteiger partial charge in [-0.05, 0) is 44.2 Å². The molecule has 8 heteroatoms. The van der Waals surface area contributed by atoms with E-state index in [9.17, 15) is 17.6 Å². The Morgan fingerprint density at radius 1 is 1.36 bits per heavy atom. The fourth-order valence-electron chi connectivity index (χ4n) is 3.10. The molecule has 0 atom stereocenters. The number of halogens is 1. The Labute approximate surface area is 166 Å². The number of ether oxygens (including phenoxy) is 1. The molecule has 28 heavy (non-hydrogen) atoms. The summed E-state index contributed by atoms with van der Waals surface area (Å²) in [6.45, 7) is 10.8. The van der Waals surface area contributed by atoms with E-state index in [-0.39, 0.29) is 11.0 Å². The highest BCUT2D eigenvalue weighted by atomic mass is 32.2. The third kappa shape index (κ3) is 4.91. The second-order valence-corrected chi connectivity index (χ2v) is 8.95. The molecule has 0 bridgehead atoms. The number of hydrogen-bond donors (Lipinski definition) is 1. The molecule has 0 spiro atoms. The lowest BCUT2D eigenvalue weighted by molar-refractivity contribution is 0.0973. The highest BCUT2D eigenvalue weighted by Gasteiger charge is 2.30. The first-order chi connectivity index (χ1) is 13.2. The number of benzene rings is 1. The molecular formula is C20H29FN2O4S. The van der Waals surface area contributed by atoms with E-state index >= 15 is 0 Å². The average Bonchev–Trinajstić information content (AvgIpc) is 2.58. The van der Waals surface area contributed by atoms with Gasteiger partial charge in [0.2, 0.25) is 0 Å². The van der Waals surface area contributed by atoms with Crippen LogP contribution in [0.3, 0.4) is 0 Å². The molecular weight excluding hydrogens is 383 g/mol. The van der Waals surface area contributed by atoms with Gasteiger partial charge in [-0.15, -0.1) is 6.58 Å². The van der Waals surface area contributed by atoms with E-state index in [1.54, 1.807) is 6.92 Å². The fraction of sp³-hybridized carbons (Fsp3) is 0.550. The highest BCUT2D eigenvalue weighted by molar-refractivity contribution is 7.87. The van der Waals surface area contributed by atoms with Crippen molar-refractivity contribution in [2.24, 2.45) is 5.41 Å². The molecule has 1 heterocycles. The minimum atomic E-state index is -3.93. The van der Waals surface area contributed by atoms with Crippen LogP contribution in [-0.2, 0) is 10.2 Å². The lowest BCUT2D eigenvalue weighted by Gasteiger charge is -2.30. The molecule has 0 saturated carbocycles. The van der Waals surface area contributed by atoms with Crippen LogP contribution in [0.4, 0.5) is 4.39 Å². The summed E-state index contributed by atoms with van der Waals surface area (Å²) in [5, 5.41) is 0. The van der Waals surface area contributed by atoms with Gasteiger partial charge in [-0.2, -0.15) is 12.7 Å². The number of rotatable bonds is 10. The van der Waals surface area contributed by atoms with Gasteiger partial charge in [0.05, 0.1) is 12.2 Å². The number of nitrogens with zero attached hydrogens (tertiary/aromatic N) is 1. The summed E-state index contributed by atoms with van der Waals surface area (Å²) in [4.78, 5) is 12.3. The summed E-state index contributed by atoms with van der Waals surface area (Å²) in [5.74, 6) is -1.46. The summed E-state index contributed by atoms with van der Waals surface area (Å²) >= 11 is 0. The van der Waals surface area contributed by atoms with Gasteiger partial charge in [-0.1, -0.05) is 19.9 Å². The van der Waals surface area contributed by atoms with Gasteiger partial charge in [-0.3, -0.25) is 4.79 Å². The Hall–Kier alpha value is -1.93. The summed E-state index contributed by atoms with van der Waals surface area (Å²) in [6, 6.07) is 2.46. The molecule has 0 radical (unpaired) electrons. The van der Waals surface area contributed by atoms with Crippen LogP contribution < -0.4 is 9.46 Å². The van der Waals surface area contributed by atoms with Crippen molar-refractivity contribution in [3.8, 4) is 5.75 Å². The number of allylic oxidation sites excluding steroid dienone is 1. The van der Waals surface area contributed by atoms with Crippen LogP contribution in [0.2, 0.25) is 0 Å². The average molecular weight is 413 g/mol. The Morgan fingerprint density at radius 3 is 2.50 bits per heavy atom. The van der Waals surface area contributed by atoms with E-state index in [0.29, 0.717) is 31.0 Å². The van der Waals surface area contributed by atoms with Crippen LogP contribution in [0.15, 0.2) is 24.8 Å². The minimum absolute atomic E-state index is 0.0774. The largest absolute Gasteiger partial charge is 0.493 e. The Morgan fingerprint density at radius 2 is 2.00 bits per heavy atom. The first-order valence-electron chi connectivity index (χ1n) is 9.54. The Kier molecular flexibility index (Phi) is 7.22. The molecule has 1 aliphatic heterocycles. The molecule has 1 aliphatic rings. The summed E-state index contributed by atoms with van der Waals surface area (Å²) in [5.41, 5.74) is 0.163. The topological polar surface area (TPSA) is 75.7 Å². The molecule has 0 aromatic heterocycles. The van der Waals surface area contributed by atoms with Gasteiger partial charge in [0.15, 0.2) is 0 Å². The van der Waals surface area contributed by atoms with Gasteiger partial charge in [-0.25, -0.2) is 9.11 Å². The smallest absolute Gasteiger partial charge is 0.304 e. The molecule has 1 aromatic carbocycles. The lowest BCUT2D eigenvalue weighted by atomic mass is 9.80.